The number of nitrogens with one attached hydrogen (secondary N) is 1. The van der Waals surface area contributed by atoms with E-state index in [0.717, 1.165) is 6.42 Å². The molecule has 2 aromatic rings. The van der Waals surface area contributed by atoms with E-state index in [1.165, 1.54) is 14.8 Å². The Hall–Kier alpha value is -0.710. The first kappa shape index (κ1) is 12.7. The Labute approximate surface area is 111 Å². The quantitative estimate of drug-likeness (QED) is 0.878. The maximum atomic E-state index is 4.48. The first-order valence-electron chi connectivity index (χ1n) is 5.94. The topological polar surface area (TPSA) is 24.9 Å². The van der Waals surface area contributed by atoms with E-state index in [4.69, 9.17) is 0 Å². The van der Waals surface area contributed by atoms with Crippen LogP contribution in [0.3, 0.4) is 0 Å². The van der Waals surface area contributed by atoms with Crippen LogP contribution in [-0.2, 0) is 6.42 Å². The second-order valence-corrected chi connectivity index (χ2v) is 6.27. The summed E-state index contributed by atoms with van der Waals surface area (Å²) in [6, 6.07) is 4.98. The molecule has 0 aliphatic rings. The van der Waals surface area contributed by atoms with Crippen LogP contribution in [0.15, 0.2) is 23.7 Å². The van der Waals surface area contributed by atoms with E-state index in [1.807, 2.05) is 17.5 Å². The fraction of sp³-hybridized carbons (Fsp3) is 0.462. The molecule has 2 atom stereocenters. The summed E-state index contributed by atoms with van der Waals surface area (Å²) < 4.78 is 0. The monoisotopic (exact) mass is 266 g/mol. The molecule has 2 nitrogen and oxygen atoms in total. The smallest absolute Gasteiger partial charge is 0.109 e. The number of thiazole rings is 1. The summed E-state index contributed by atoms with van der Waals surface area (Å²) in [5, 5.41) is 6.90. The third kappa shape index (κ3) is 3.15. The molecule has 0 aromatic carbocycles. The van der Waals surface area contributed by atoms with Gasteiger partial charge in [0.1, 0.15) is 5.01 Å². The third-order valence-electron chi connectivity index (χ3n) is 2.76. The summed E-state index contributed by atoms with van der Waals surface area (Å²) in [5.41, 5.74) is 0. The van der Waals surface area contributed by atoms with Crippen molar-refractivity contribution in [2.24, 2.45) is 0 Å². The second-order valence-electron chi connectivity index (χ2n) is 4.14. The largest absolute Gasteiger partial charge is 0.301 e. The molecule has 0 saturated carbocycles. The van der Waals surface area contributed by atoms with Crippen LogP contribution in [-0.4, -0.2) is 4.98 Å². The van der Waals surface area contributed by atoms with Crippen molar-refractivity contribution in [1.82, 2.24) is 10.3 Å². The lowest BCUT2D eigenvalue weighted by atomic mass is 10.2. The lowest BCUT2D eigenvalue weighted by molar-refractivity contribution is 0.498. The van der Waals surface area contributed by atoms with Gasteiger partial charge in [-0.3, -0.25) is 0 Å². The molecule has 2 rings (SSSR count). The standard InChI is InChI=1S/C13H18N2S2/c1-4-11-8-14-13(17-11)10(3)15-9(2)12-6-5-7-16-12/h5-10,15H,4H2,1-3H3. The molecule has 0 fully saturated rings. The predicted octanol–water partition coefficient (Wildman–Crippen LogP) is 4.18. The summed E-state index contributed by atoms with van der Waals surface area (Å²) in [4.78, 5) is 7.22. The van der Waals surface area contributed by atoms with Crippen LogP contribution in [0.5, 0.6) is 0 Å². The van der Waals surface area contributed by atoms with Crippen molar-refractivity contribution >= 4 is 22.7 Å². The van der Waals surface area contributed by atoms with E-state index in [2.05, 4.69) is 48.6 Å². The summed E-state index contributed by atoms with van der Waals surface area (Å²) in [5.74, 6) is 0. The maximum absolute atomic E-state index is 4.48. The zero-order valence-electron chi connectivity index (χ0n) is 10.4. The van der Waals surface area contributed by atoms with Crippen molar-refractivity contribution in [2.45, 2.75) is 39.3 Å². The van der Waals surface area contributed by atoms with Gasteiger partial charge >= 0.3 is 0 Å². The Morgan fingerprint density at radius 3 is 2.76 bits per heavy atom. The molecule has 0 aliphatic heterocycles. The lowest BCUT2D eigenvalue weighted by Crippen LogP contribution is -2.21. The molecule has 0 amide bonds. The molecule has 2 aromatic heterocycles. The minimum Gasteiger partial charge on any atom is -0.301 e. The van der Waals surface area contributed by atoms with E-state index in [9.17, 15) is 0 Å². The van der Waals surface area contributed by atoms with E-state index >= 15 is 0 Å². The molecular weight excluding hydrogens is 248 g/mol. The van der Waals surface area contributed by atoms with Crippen LogP contribution in [0.1, 0.15) is 47.6 Å². The fourth-order valence-electron chi connectivity index (χ4n) is 1.75. The van der Waals surface area contributed by atoms with Gasteiger partial charge < -0.3 is 5.32 Å². The van der Waals surface area contributed by atoms with E-state index < -0.39 is 0 Å². The zero-order chi connectivity index (χ0) is 12.3. The van der Waals surface area contributed by atoms with Gasteiger partial charge in [0.2, 0.25) is 0 Å². The van der Waals surface area contributed by atoms with Gasteiger partial charge in [-0.15, -0.1) is 22.7 Å². The molecule has 2 unspecified atom stereocenters. The molecule has 0 aliphatic carbocycles. The van der Waals surface area contributed by atoms with Crippen LogP contribution in [0, 0.1) is 0 Å². The first-order valence-corrected chi connectivity index (χ1v) is 7.64. The average molecular weight is 266 g/mol. The predicted molar refractivity (Wildman–Crippen MR) is 75.8 cm³/mol. The minimum atomic E-state index is 0.317. The van der Waals surface area contributed by atoms with Crippen molar-refractivity contribution in [3.8, 4) is 0 Å². The van der Waals surface area contributed by atoms with Crippen LogP contribution >= 0.6 is 22.7 Å². The highest BCUT2D eigenvalue weighted by molar-refractivity contribution is 7.11. The van der Waals surface area contributed by atoms with Gasteiger partial charge in [0.25, 0.3) is 0 Å². The molecule has 0 radical (unpaired) electrons. The molecular formula is C13H18N2S2. The highest BCUT2D eigenvalue weighted by Gasteiger charge is 2.14. The van der Waals surface area contributed by atoms with Crippen molar-refractivity contribution < 1.29 is 0 Å². The number of nitrogens with zero attached hydrogens (tertiary/aromatic N) is 1. The summed E-state index contributed by atoms with van der Waals surface area (Å²) >= 11 is 3.61. The van der Waals surface area contributed by atoms with Crippen LogP contribution in [0.2, 0.25) is 0 Å². The van der Waals surface area contributed by atoms with Crippen molar-refractivity contribution in [3.63, 3.8) is 0 Å². The Balaban J connectivity index is 1.99. The van der Waals surface area contributed by atoms with Crippen molar-refractivity contribution in [1.29, 1.82) is 0 Å². The molecule has 0 spiro atoms. The number of rotatable bonds is 5. The van der Waals surface area contributed by atoms with Gasteiger partial charge in [0.15, 0.2) is 0 Å². The Bertz CT molecular complexity index is 448. The van der Waals surface area contributed by atoms with Gasteiger partial charge in [0.05, 0.1) is 6.04 Å². The Kier molecular flexibility index (Phi) is 4.31. The van der Waals surface area contributed by atoms with Crippen LogP contribution < -0.4 is 5.32 Å². The molecule has 2 heterocycles. The summed E-state index contributed by atoms with van der Waals surface area (Å²) in [6.07, 6.45) is 3.07. The summed E-state index contributed by atoms with van der Waals surface area (Å²) in [6.45, 7) is 6.56. The van der Waals surface area contributed by atoms with Crippen molar-refractivity contribution in [2.75, 3.05) is 0 Å². The highest BCUT2D eigenvalue weighted by Crippen LogP contribution is 2.25. The van der Waals surface area contributed by atoms with Crippen LogP contribution in [0.25, 0.3) is 0 Å². The summed E-state index contributed by atoms with van der Waals surface area (Å²) in [7, 11) is 0. The lowest BCUT2D eigenvalue weighted by Gasteiger charge is -2.17. The first-order chi connectivity index (χ1) is 8.20. The Morgan fingerprint density at radius 2 is 2.18 bits per heavy atom. The molecule has 0 saturated heterocycles. The van der Waals surface area contributed by atoms with Gasteiger partial charge in [-0.05, 0) is 31.7 Å². The van der Waals surface area contributed by atoms with Crippen molar-refractivity contribution in [3.05, 3.63) is 38.5 Å². The fourth-order valence-corrected chi connectivity index (χ4v) is 3.36. The maximum Gasteiger partial charge on any atom is 0.109 e. The molecule has 4 heteroatoms. The number of thiophene rings is 1. The average Bonchev–Trinajstić information content (AvgIpc) is 3.00. The third-order valence-corrected chi connectivity index (χ3v) is 5.14. The molecule has 1 N–H and O–H groups in total. The van der Waals surface area contributed by atoms with E-state index in [-0.39, 0.29) is 0 Å². The van der Waals surface area contributed by atoms with E-state index in [1.54, 1.807) is 11.3 Å². The number of aromatic nitrogens is 1. The van der Waals surface area contributed by atoms with Gasteiger partial charge in [-0.1, -0.05) is 13.0 Å². The zero-order valence-corrected chi connectivity index (χ0v) is 12.1. The SMILES string of the molecule is CCc1cnc(C(C)NC(C)c2cccs2)s1. The van der Waals surface area contributed by atoms with Gasteiger partial charge in [-0.25, -0.2) is 4.98 Å². The molecule has 92 valence electrons. The second kappa shape index (κ2) is 5.76. The normalized spacial score (nSPS) is 14.8. The number of hydrogen-bond donors (Lipinski definition) is 1. The number of hydrogen-bond acceptors (Lipinski definition) is 4. The number of aryl methyl sites for hydroxylation is 1. The Morgan fingerprint density at radius 1 is 1.35 bits per heavy atom. The van der Waals surface area contributed by atoms with Gasteiger partial charge in [-0.2, -0.15) is 0 Å². The highest BCUT2D eigenvalue weighted by atomic mass is 32.1. The van der Waals surface area contributed by atoms with Crippen LogP contribution in [0.4, 0.5) is 0 Å². The molecule has 17 heavy (non-hydrogen) atoms. The molecule has 0 bridgehead atoms. The minimum absolute atomic E-state index is 0.317. The van der Waals surface area contributed by atoms with Gasteiger partial charge in [0, 0.05) is 22.0 Å². The van der Waals surface area contributed by atoms with E-state index in [0.29, 0.717) is 12.1 Å².